The van der Waals surface area contributed by atoms with Crippen LogP contribution in [-0.4, -0.2) is 25.3 Å². The van der Waals surface area contributed by atoms with Gasteiger partial charge in [-0.05, 0) is 22.0 Å². The molecule has 0 aliphatic carbocycles. The summed E-state index contributed by atoms with van der Waals surface area (Å²) in [6.45, 7) is 0. The van der Waals surface area contributed by atoms with Crippen molar-refractivity contribution in [2.75, 3.05) is 14.2 Å². The normalized spacial score (nSPS) is 12.0. The van der Waals surface area contributed by atoms with E-state index < -0.39 is 12.1 Å². The van der Waals surface area contributed by atoms with Crippen LogP contribution >= 0.6 is 15.9 Å². The minimum atomic E-state index is -0.931. The molecule has 0 aliphatic rings. The molecular weight excluding hydrogens is 276 g/mol. The van der Waals surface area contributed by atoms with Gasteiger partial charge in [-0.25, -0.2) is 0 Å². The van der Waals surface area contributed by atoms with Gasteiger partial charge in [-0.1, -0.05) is 12.1 Å². The number of ether oxygens (including phenoxy) is 2. The van der Waals surface area contributed by atoms with Crippen molar-refractivity contribution in [1.82, 2.24) is 0 Å². The maximum atomic E-state index is 11.0. The van der Waals surface area contributed by atoms with Gasteiger partial charge in [0.25, 0.3) is 0 Å². The van der Waals surface area contributed by atoms with E-state index in [1.807, 2.05) is 0 Å². The molecule has 0 unspecified atom stereocenters. The van der Waals surface area contributed by atoms with Crippen molar-refractivity contribution in [2.45, 2.75) is 12.5 Å². The van der Waals surface area contributed by atoms with Crippen LogP contribution in [0.2, 0.25) is 0 Å². The lowest BCUT2D eigenvalue weighted by Crippen LogP contribution is -2.09. The predicted molar refractivity (Wildman–Crippen MR) is 62.3 cm³/mol. The third kappa shape index (κ3) is 2.96. The Labute approximate surface area is 102 Å². The average Bonchev–Trinajstić information content (AvgIpc) is 2.28. The summed E-state index contributed by atoms with van der Waals surface area (Å²) in [4.78, 5) is 11.0. The summed E-state index contributed by atoms with van der Waals surface area (Å²) in [5, 5.41) is 9.86. The van der Waals surface area contributed by atoms with E-state index in [1.165, 1.54) is 14.2 Å². The highest BCUT2D eigenvalue weighted by atomic mass is 79.9. The molecule has 1 rings (SSSR count). The molecule has 88 valence electrons. The van der Waals surface area contributed by atoms with E-state index >= 15 is 0 Å². The Balaban J connectivity index is 2.94. The molecular formula is C11H13BrO4. The van der Waals surface area contributed by atoms with E-state index in [0.29, 0.717) is 11.3 Å². The van der Waals surface area contributed by atoms with Crippen molar-refractivity contribution in [1.29, 1.82) is 0 Å². The summed E-state index contributed by atoms with van der Waals surface area (Å²) >= 11 is 3.31. The summed E-state index contributed by atoms with van der Waals surface area (Å²) in [5.74, 6) is 0.0634. The summed E-state index contributed by atoms with van der Waals surface area (Å²) < 4.78 is 10.4. The molecule has 16 heavy (non-hydrogen) atoms. The molecule has 0 heterocycles. The maximum Gasteiger partial charge on any atom is 0.308 e. The first-order valence-electron chi connectivity index (χ1n) is 4.67. The van der Waals surface area contributed by atoms with Gasteiger partial charge in [-0.15, -0.1) is 0 Å². The Morgan fingerprint density at radius 1 is 1.50 bits per heavy atom. The number of esters is 1. The molecule has 0 amide bonds. The van der Waals surface area contributed by atoms with Crippen LogP contribution < -0.4 is 4.74 Å². The van der Waals surface area contributed by atoms with Crippen LogP contribution in [0.25, 0.3) is 0 Å². The van der Waals surface area contributed by atoms with Crippen LogP contribution in [0.4, 0.5) is 0 Å². The third-order valence-corrected chi connectivity index (χ3v) is 2.77. The first-order valence-corrected chi connectivity index (χ1v) is 5.46. The highest BCUT2D eigenvalue weighted by Gasteiger charge is 2.18. The number of rotatable bonds is 4. The minimum Gasteiger partial charge on any atom is -0.495 e. The van der Waals surface area contributed by atoms with Crippen LogP contribution in [-0.2, 0) is 9.53 Å². The summed E-state index contributed by atoms with van der Waals surface area (Å²) in [6, 6.07) is 5.27. The van der Waals surface area contributed by atoms with Gasteiger partial charge < -0.3 is 14.6 Å². The van der Waals surface area contributed by atoms with Crippen molar-refractivity contribution in [3.63, 3.8) is 0 Å². The second kappa shape index (κ2) is 5.86. The fourth-order valence-corrected chi connectivity index (χ4v) is 1.90. The molecule has 0 fully saturated rings. The van der Waals surface area contributed by atoms with Crippen LogP contribution in [0.5, 0.6) is 5.75 Å². The van der Waals surface area contributed by atoms with Gasteiger partial charge in [0.15, 0.2) is 0 Å². The van der Waals surface area contributed by atoms with Gasteiger partial charge in [0.05, 0.1) is 31.2 Å². The molecule has 1 N–H and O–H groups in total. The third-order valence-electron chi connectivity index (χ3n) is 2.15. The SMILES string of the molecule is COC(=O)C[C@@H](O)c1cccc(Br)c1OC. The number of hydrogen-bond acceptors (Lipinski definition) is 4. The van der Waals surface area contributed by atoms with Gasteiger partial charge in [0.2, 0.25) is 0 Å². The predicted octanol–water partition coefficient (Wildman–Crippen LogP) is 2.05. The van der Waals surface area contributed by atoms with Gasteiger partial charge in [-0.3, -0.25) is 4.79 Å². The van der Waals surface area contributed by atoms with Crippen molar-refractivity contribution in [3.8, 4) is 5.75 Å². The molecule has 1 aromatic carbocycles. The first kappa shape index (κ1) is 13.0. The lowest BCUT2D eigenvalue weighted by molar-refractivity contribution is -0.142. The smallest absolute Gasteiger partial charge is 0.308 e. The number of benzene rings is 1. The van der Waals surface area contributed by atoms with E-state index in [2.05, 4.69) is 20.7 Å². The molecule has 4 nitrogen and oxygen atoms in total. The Morgan fingerprint density at radius 2 is 2.19 bits per heavy atom. The quantitative estimate of drug-likeness (QED) is 0.862. The zero-order valence-electron chi connectivity index (χ0n) is 9.07. The molecule has 0 bridgehead atoms. The molecule has 0 aromatic heterocycles. The Kier molecular flexibility index (Phi) is 4.76. The molecule has 0 saturated carbocycles. The Morgan fingerprint density at radius 3 is 2.75 bits per heavy atom. The van der Waals surface area contributed by atoms with Crippen molar-refractivity contribution < 1.29 is 19.4 Å². The van der Waals surface area contributed by atoms with Crippen LogP contribution in [0.1, 0.15) is 18.1 Å². The van der Waals surface area contributed by atoms with E-state index in [1.54, 1.807) is 18.2 Å². The highest BCUT2D eigenvalue weighted by molar-refractivity contribution is 9.10. The standard InChI is InChI=1S/C11H13BrO4/c1-15-10(14)6-9(13)7-4-3-5-8(12)11(7)16-2/h3-5,9,13H,6H2,1-2H3/t9-/m1/s1. The molecule has 1 aromatic rings. The number of carbonyl (C=O) groups is 1. The number of hydrogen-bond donors (Lipinski definition) is 1. The van der Waals surface area contributed by atoms with Gasteiger partial charge >= 0.3 is 5.97 Å². The van der Waals surface area contributed by atoms with E-state index in [4.69, 9.17) is 4.74 Å². The fraction of sp³-hybridized carbons (Fsp3) is 0.364. The topological polar surface area (TPSA) is 55.8 Å². The summed E-state index contributed by atoms with van der Waals surface area (Å²) in [6.07, 6.45) is -1.02. The number of aliphatic hydroxyl groups excluding tert-OH is 1. The number of carbonyl (C=O) groups excluding carboxylic acids is 1. The lowest BCUT2D eigenvalue weighted by Gasteiger charge is -2.14. The van der Waals surface area contributed by atoms with E-state index in [-0.39, 0.29) is 6.42 Å². The zero-order valence-corrected chi connectivity index (χ0v) is 10.7. The van der Waals surface area contributed by atoms with Crippen LogP contribution in [0, 0.1) is 0 Å². The Bertz CT molecular complexity index is 378. The van der Waals surface area contributed by atoms with Crippen LogP contribution in [0.3, 0.4) is 0 Å². The molecule has 0 aliphatic heterocycles. The number of aliphatic hydroxyl groups is 1. The second-order valence-corrected chi connectivity index (χ2v) is 4.01. The monoisotopic (exact) mass is 288 g/mol. The second-order valence-electron chi connectivity index (χ2n) is 3.16. The van der Waals surface area contributed by atoms with Gasteiger partial charge in [0, 0.05) is 5.56 Å². The summed E-state index contributed by atoms with van der Waals surface area (Å²) in [7, 11) is 2.79. The Hall–Kier alpha value is -1.07. The molecule has 0 saturated heterocycles. The number of methoxy groups -OCH3 is 2. The van der Waals surface area contributed by atoms with Crippen molar-refractivity contribution in [2.24, 2.45) is 0 Å². The lowest BCUT2D eigenvalue weighted by atomic mass is 10.1. The summed E-state index contributed by atoms with van der Waals surface area (Å²) in [5.41, 5.74) is 0.558. The number of para-hydroxylation sites is 1. The molecule has 0 radical (unpaired) electrons. The fourth-order valence-electron chi connectivity index (χ4n) is 1.35. The van der Waals surface area contributed by atoms with E-state index in [9.17, 15) is 9.90 Å². The largest absolute Gasteiger partial charge is 0.495 e. The van der Waals surface area contributed by atoms with Crippen LogP contribution in [0.15, 0.2) is 22.7 Å². The first-order chi connectivity index (χ1) is 7.60. The molecule has 5 heteroatoms. The van der Waals surface area contributed by atoms with Gasteiger partial charge in [0.1, 0.15) is 5.75 Å². The number of halogens is 1. The maximum absolute atomic E-state index is 11.0. The van der Waals surface area contributed by atoms with Crippen molar-refractivity contribution >= 4 is 21.9 Å². The highest BCUT2D eigenvalue weighted by Crippen LogP contribution is 2.33. The minimum absolute atomic E-state index is 0.0939. The zero-order chi connectivity index (χ0) is 12.1. The van der Waals surface area contributed by atoms with Crippen molar-refractivity contribution in [3.05, 3.63) is 28.2 Å². The molecule has 1 atom stereocenters. The van der Waals surface area contributed by atoms with E-state index in [0.717, 1.165) is 4.47 Å². The molecule has 0 spiro atoms. The van der Waals surface area contributed by atoms with Gasteiger partial charge in [-0.2, -0.15) is 0 Å². The average molecular weight is 289 g/mol.